The molecule has 0 spiro atoms. The van der Waals surface area contributed by atoms with Crippen molar-refractivity contribution in [1.82, 2.24) is 0 Å². The van der Waals surface area contributed by atoms with Crippen LogP contribution in [-0.4, -0.2) is 12.2 Å². The Bertz CT molecular complexity index is 629. The van der Waals surface area contributed by atoms with Crippen molar-refractivity contribution in [2.75, 3.05) is 7.11 Å². The van der Waals surface area contributed by atoms with Gasteiger partial charge in [0.2, 0.25) is 0 Å². The predicted octanol–water partition coefficient (Wildman–Crippen LogP) is 2.95. The highest BCUT2D eigenvalue weighted by Crippen LogP contribution is 2.29. The third kappa shape index (κ3) is 2.28. The summed E-state index contributed by atoms with van der Waals surface area (Å²) in [6.07, 6.45) is -0.810. The Balaban J connectivity index is 1.94. The van der Waals surface area contributed by atoms with Gasteiger partial charge in [0.05, 0.1) is 20.3 Å². The third-order valence-electron chi connectivity index (χ3n) is 3.55. The summed E-state index contributed by atoms with van der Waals surface area (Å²) in [6.45, 7) is 1.19. The first kappa shape index (κ1) is 13.1. The molecule has 0 aliphatic carbocycles. The molecule has 1 unspecified atom stereocenters. The molecule has 2 aromatic rings. The molecule has 1 atom stereocenters. The fourth-order valence-electron chi connectivity index (χ4n) is 2.40. The average Bonchev–Trinajstić information content (AvgIpc) is 2.94. The van der Waals surface area contributed by atoms with Crippen LogP contribution in [0.3, 0.4) is 0 Å². The zero-order valence-corrected chi connectivity index (χ0v) is 11.1. The first-order valence-electron chi connectivity index (χ1n) is 6.40. The summed E-state index contributed by atoms with van der Waals surface area (Å²) in [4.78, 5) is 0. The Labute approximate surface area is 116 Å². The minimum atomic E-state index is -0.810. The molecule has 104 valence electrons. The van der Waals surface area contributed by atoms with E-state index in [-0.39, 0.29) is 5.75 Å². The van der Waals surface area contributed by atoms with E-state index in [0.717, 1.165) is 16.7 Å². The summed E-state index contributed by atoms with van der Waals surface area (Å²) in [6, 6.07) is 10.1. The second kappa shape index (κ2) is 5.23. The van der Waals surface area contributed by atoms with E-state index < -0.39 is 11.9 Å². The van der Waals surface area contributed by atoms with Gasteiger partial charge in [-0.05, 0) is 34.4 Å². The Hall–Kier alpha value is -1.91. The molecule has 1 heterocycles. The van der Waals surface area contributed by atoms with E-state index >= 15 is 0 Å². The monoisotopic (exact) mass is 274 g/mol. The highest BCUT2D eigenvalue weighted by atomic mass is 19.1. The van der Waals surface area contributed by atoms with Gasteiger partial charge < -0.3 is 14.6 Å². The van der Waals surface area contributed by atoms with Gasteiger partial charge in [0.15, 0.2) is 11.6 Å². The normalized spacial score (nSPS) is 14.9. The number of aliphatic hydroxyl groups is 1. The van der Waals surface area contributed by atoms with Crippen LogP contribution in [0.4, 0.5) is 4.39 Å². The maximum absolute atomic E-state index is 13.4. The number of benzene rings is 2. The molecule has 0 saturated heterocycles. The van der Waals surface area contributed by atoms with Crippen molar-refractivity contribution < 1.29 is 19.0 Å². The lowest BCUT2D eigenvalue weighted by molar-refractivity contribution is 0.134. The number of ether oxygens (including phenoxy) is 2. The molecule has 3 rings (SSSR count). The van der Waals surface area contributed by atoms with Crippen LogP contribution in [0.1, 0.15) is 28.4 Å². The number of methoxy groups -OCH3 is 1. The van der Waals surface area contributed by atoms with Crippen molar-refractivity contribution in [3.05, 3.63) is 64.5 Å². The van der Waals surface area contributed by atoms with Crippen LogP contribution in [0.5, 0.6) is 5.75 Å². The van der Waals surface area contributed by atoms with E-state index in [1.54, 1.807) is 6.07 Å². The molecule has 20 heavy (non-hydrogen) atoms. The topological polar surface area (TPSA) is 38.7 Å². The van der Waals surface area contributed by atoms with Crippen LogP contribution in [0.15, 0.2) is 36.4 Å². The van der Waals surface area contributed by atoms with E-state index in [1.165, 1.54) is 19.2 Å². The smallest absolute Gasteiger partial charge is 0.165 e. The van der Waals surface area contributed by atoms with E-state index in [1.807, 2.05) is 18.2 Å². The molecule has 0 fully saturated rings. The molecule has 2 aromatic carbocycles. The van der Waals surface area contributed by atoms with E-state index in [2.05, 4.69) is 0 Å². The van der Waals surface area contributed by atoms with Gasteiger partial charge >= 0.3 is 0 Å². The fourth-order valence-corrected chi connectivity index (χ4v) is 2.40. The van der Waals surface area contributed by atoms with Crippen LogP contribution in [0, 0.1) is 5.82 Å². The second-order valence-electron chi connectivity index (χ2n) is 4.82. The lowest BCUT2D eigenvalue weighted by Crippen LogP contribution is -2.02. The fraction of sp³-hybridized carbons (Fsp3) is 0.250. The van der Waals surface area contributed by atoms with Crippen LogP contribution >= 0.6 is 0 Å². The third-order valence-corrected chi connectivity index (χ3v) is 3.55. The zero-order chi connectivity index (χ0) is 14.1. The molecule has 0 saturated carbocycles. The number of hydrogen-bond acceptors (Lipinski definition) is 3. The molecule has 0 bridgehead atoms. The molecular formula is C16H15FO3. The molecule has 0 aromatic heterocycles. The number of rotatable bonds is 3. The summed E-state index contributed by atoms with van der Waals surface area (Å²) in [5, 5.41) is 10.4. The predicted molar refractivity (Wildman–Crippen MR) is 71.9 cm³/mol. The standard InChI is InChI=1S/C16H15FO3/c1-19-15-7-11(4-5-14(15)17)16(18)10-2-3-12-8-20-9-13(12)6-10/h2-7,16,18H,8-9H2,1H3. The Morgan fingerprint density at radius 3 is 2.60 bits per heavy atom. The summed E-state index contributed by atoms with van der Waals surface area (Å²) in [7, 11) is 1.40. The van der Waals surface area contributed by atoms with Crippen LogP contribution in [0.2, 0.25) is 0 Å². The first-order chi connectivity index (χ1) is 9.69. The van der Waals surface area contributed by atoms with Gasteiger partial charge in [0.25, 0.3) is 0 Å². The average molecular weight is 274 g/mol. The van der Waals surface area contributed by atoms with Crippen molar-refractivity contribution in [2.45, 2.75) is 19.3 Å². The highest BCUT2D eigenvalue weighted by molar-refractivity contribution is 5.40. The lowest BCUT2D eigenvalue weighted by atomic mass is 9.98. The lowest BCUT2D eigenvalue weighted by Gasteiger charge is -2.14. The van der Waals surface area contributed by atoms with Gasteiger partial charge in [-0.2, -0.15) is 0 Å². The zero-order valence-electron chi connectivity index (χ0n) is 11.1. The number of aliphatic hydroxyl groups excluding tert-OH is 1. The van der Waals surface area contributed by atoms with Gasteiger partial charge in [-0.1, -0.05) is 24.3 Å². The van der Waals surface area contributed by atoms with Gasteiger partial charge in [-0.3, -0.25) is 0 Å². The van der Waals surface area contributed by atoms with Crippen LogP contribution < -0.4 is 4.74 Å². The van der Waals surface area contributed by atoms with E-state index in [4.69, 9.17) is 9.47 Å². The summed E-state index contributed by atoms with van der Waals surface area (Å²) >= 11 is 0. The van der Waals surface area contributed by atoms with Crippen LogP contribution in [-0.2, 0) is 18.0 Å². The maximum atomic E-state index is 13.4. The summed E-state index contributed by atoms with van der Waals surface area (Å²) in [5.74, 6) is -0.308. The van der Waals surface area contributed by atoms with Gasteiger partial charge in [0, 0.05) is 0 Å². The molecule has 0 amide bonds. The Morgan fingerprint density at radius 1 is 1.10 bits per heavy atom. The Morgan fingerprint density at radius 2 is 1.80 bits per heavy atom. The second-order valence-corrected chi connectivity index (χ2v) is 4.82. The molecule has 0 radical (unpaired) electrons. The molecule has 1 aliphatic rings. The van der Waals surface area contributed by atoms with Gasteiger partial charge in [-0.15, -0.1) is 0 Å². The molecule has 4 heteroatoms. The molecule has 3 nitrogen and oxygen atoms in total. The van der Waals surface area contributed by atoms with Crippen molar-refractivity contribution in [2.24, 2.45) is 0 Å². The highest BCUT2D eigenvalue weighted by Gasteiger charge is 2.17. The molecule has 1 N–H and O–H groups in total. The van der Waals surface area contributed by atoms with Gasteiger partial charge in [-0.25, -0.2) is 4.39 Å². The SMILES string of the molecule is COc1cc(C(O)c2ccc3c(c2)COC3)ccc1F. The quantitative estimate of drug-likeness (QED) is 0.935. The van der Waals surface area contributed by atoms with E-state index in [0.29, 0.717) is 18.8 Å². The minimum absolute atomic E-state index is 0.131. The van der Waals surface area contributed by atoms with E-state index in [9.17, 15) is 9.50 Å². The summed E-state index contributed by atoms with van der Waals surface area (Å²) < 4.78 is 23.7. The van der Waals surface area contributed by atoms with Gasteiger partial charge in [0.1, 0.15) is 6.10 Å². The summed E-state index contributed by atoms with van der Waals surface area (Å²) in [5.41, 5.74) is 3.61. The molecular weight excluding hydrogens is 259 g/mol. The van der Waals surface area contributed by atoms with Crippen LogP contribution in [0.25, 0.3) is 0 Å². The number of fused-ring (bicyclic) bond motifs is 1. The number of halogens is 1. The van der Waals surface area contributed by atoms with Crippen molar-refractivity contribution in [3.8, 4) is 5.75 Å². The van der Waals surface area contributed by atoms with Crippen molar-refractivity contribution in [3.63, 3.8) is 0 Å². The largest absolute Gasteiger partial charge is 0.494 e. The van der Waals surface area contributed by atoms with Crippen molar-refractivity contribution >= 4 is 0 Å². The Kier molecular flexibility index (Phi) is 3.42. The van der Waals surface area contributed by atoms with Crippen molar-refractivity contribution in [1.29, 1.82) is 0 Å². The molecule has 1 aliphatic heterocycles. The number of hydrogen-bond donors (Lipinski definition) is 1. The minimum Gasteiger partial charge on any atom is -0.494 e. The first-order valence-corrected chi connectivity index (χ1v) is 6.40. The maximum Gasteiger partial charge on any atom is 0.165 e.